The van der Waals surface area contributed by atoms with Crippen LogP contribution in [-0.4, -0.2) is 9.79 Å². The molecule has 0 unspecified atom stereocenters. The van der Waals surface area contributed by atoms with Crippen molar-refractivity contribution in [3.05, 3.63) is 28.7 Å². The van der Waals surface area contributed by atoms with Crippen LogP contribution in [0.5, 0.6) is 0 Å². The smallest absolute Gasteiger partial charge is 0.308 e. The van der Waals surface area contributed by atoms with Gasteiger partial charge in [-0.2, -0.15) is 0 Å². The van der Waals surface area contributed by atoms with E-state index >= 15 is 0 Å². The molecule has 0 spiro atoms. The second kappa shape index (κ2) is 3.58. The predicted molar refractivity (Wildman–Crippen MR) is 49.8 cm³/mol. The molecule has 66 valence electrons. The summed E-state index contributed by atoms with van der Waals surface area (Å²) in [6, 6.07) is 6.53. The minimum atomic E-state index is -4.17. The lowest BCUT2D eigenvalue weighted by Gasteiger charge is -2.06. The lowest BCUT2D eigenvalue weighted by molar-refractivity contribution is 0.380. The average molecular weight is 252 g/mol. The number of rotatable bonds is 2. The van der Waals surface area contributed by atoms with E-state index in [1.54, 1.807) is 24.3 Å². The molecule has 0 atom stereocenters. The summed E-state index contributed by atoms with van der Waals surface area (Å²) in [5.41, 5.74) is 0.395. The van der Waals surface area contributed by atoms with Crippen LogP contribution in [0, 0.1) is 0 Å². The summed E-state index contributed by atoms with van der Waals surface area (Å²) in [6.45, 7) is 0. The van der Waals surface area contributed by atoms with Crippen molar-refractivity contribution in [1.29, 1.82) is 0 Å². The highest BCUT2D eigenvalue weighted by atomic mass is 79.9. The molecule has 1 aromatic rings. The van der Waals surface area contributed by atoms with Gasteiger partial charge in [0.15, 0.2) is 0 Å². The van der Waals surface area contributed by atoms with Gasteiger partial charge in [0.05, 0.1) is 0 Å². The summed E-state index contributed by atoms with van der Waals surface area (Å²) in [5.74, 6) is 0. The lowest BCUT2D eigenvalue weighted by atomic mass is 10.3. The minimum Gasteiger partial charge on any atom is -0.308 e. The van der Waals surface area contributed by atoms with E-state index in [1.807, 2.05) is 0 Å². The summed E-state index contributed by atoms with van der Waals surface area (Å²) >= 11 is 3.20. The van der Waals surface area contributed by atoms with Crippen LogP contribution in [0.25, 0.3) is 0 Å². The van der Waals surface area contributed by atoms with Crippen molar-refractivity contribution < 1.29 is 14.4 Å². The molecule has 0 fully saturated rings. The molecule has 1 aromatic carbocycles. The summed E-state index contributed by atoms with van der Waals surface area (Å²) in [6.07, 6.45) is 0. The zero-order valence-corrected chi connectivity index (χ0v) is 8.42. The first-order chi connectivity index (χ1) is 5.47. The molecule has 0 saturated heterocycles. The van der Waals surface area contributed by atoms with Crippen molar-refractivity contribution in [2.45, 2.75) is 0 Å². The maximum absolute atomic E-state index is 10.5. The van der Waals surface area contributed by atoms with Crippen molar-refractivity contribution >= 4 is 29.4 Å². The molecule has 0 aromatic heterocycles. The topological polar surface area (TPSA) is 69.6 Å². The van der Waals surface area contributed by atoms with Crippen LogP contribution in [0.15, 0.2) is 28.7 Å². The molecule has 0 aliphatic carbocycles. The van der Waals surface area contributed by atoms with Crippen LogP contribution in [0.2, 0.25) is 0 Å². The molecule has 0 aliphatic rings. The molecule has 4 nitrogen and oxygen atoms in total. The fourth-order valence-corrected chi connectivity index (χ4v) is 1.44. The van der Waals surface area contributed by atoms with Gasteiger partial charge >= 0.3 is 7.75 Å². The second-order valence-corrected chi connectivity index (χ2v) is 4.39. The zero-order chi connectivity index (χ0) is 9.19. The Kier molecular flexibility index (Phi) is 2.90. The van der Waals surface area contributed by atoms with E-state index in [-0.39, 0.29) is 0 Å². The van der Waals surface area contributed by atoms with Gasteiger partial charge < -0.3 is 9.79 Å². The van der Waals surface area contributed by atoms with E-state index in [2.05, 4.69) is 21.0 Å². The lowest BCUT2D eigenvalue weighted by Crippen LogP contribution is -1.93. The molecule has 3 N–H and O–H groups in total. The van der Waals surface area contributed by atoms with Crippen LogP contribution in [0.4, 0.5) is 5.69 Å². The first-order valence-electron chi connectivity index (χ1n) is 3.07. The zero-order valence-electron chi connectivity index (χ0n) is 5.94. The van der Waals surface area contributed by atoms with Gasteiger partial charge in [-0.1, -0.05) is 15.9 Å². The highest BCUT2D eigenvalue weighted by Gasteiger charge is 2.11. The average Bonchev–Trinajstić information content (AvgIpc) is 1.91. The van der Waals surface area contributed by atoms with Crippen LogP contribution in [0.3, 0.4) is 0 Å². The molecule has 0 amide bonds. The molecule has 0 aliphatic heterocycles. The van der Waals surface area contributed by atoms with Crippen LogP contribution in [0.1, 0.15) is 0 Å². The molecule has 0 saturated carbocycles. The number of hydrogen-bond acceptors (Lipinski definition) is 1. The van der Waals surface area contributed by atoms with Gasteiger partial charge in [0.2, 0.25) is 0 Å². The quantitative estimate of drug-likeness (QED) is 0.703. The van der Waals surface area contributed by atoms with Crippen molar-refractivity contribution in [2.24, 2.45) is 0 Å². The van der Waals surface area contributed by atoms with E-state index in [4.69, 9.17) is 9.79 Å². The van der Waals surface area contributed by atoms with Gasteiger partial charge in [-0.25, -0.2) is 4.57 Å². The first kappa shape index (κ1) is 9.74. The molecule has 0 heterocycles. The number of benzene rings is 1. The molecular weight excluding hydrogens is 245 g/mol. The summed E-state index contributed by atoms with van der Waals surface area (Å²) in [5, 5.41) is 2.05. The first-order valence-corrected chi connectivity index (χ1v) is 5.47. The molecule has 0 radical (unpaired) electrons. The summed E-state index contributed by atoms with van der Waals surface area (Å²) in [4.78, 5) is 17.1. The SMILES string of the molecule is O=P(O)(O)Nc1ccc(Br)cc1. The Hall–Kier alpha value is -0.350. The van der Waals surface area contributed by atoms with Crippen LogP contribution in [-0.2, 0) is 4.57 Å². The van der Waals surface area contributed by atoms with E-state index in [1.165, 1.54) is 0 Å². The third-order valence-electron chi connectivity index (χ3n) is 1.12. The van der Waals surface area contributed by atoms with E-state index in [0.717, 1.165) is 4.47 Å². The van der Waals surface area contributed by atoms with Crippen molar-refractivity contribution in [1.82, 2.24) is 0 Å². The van der Waals surface area contributed by atoms with Crippen LogP contribution < -0.4 is 5.09 Å². The molecule has 1 rings (SSSR count). The largest absolute Gasteiger partial charge is 0.427 e. The van der Waals surface area contributed by atoms with E-state index < -0.39 is 7.75 Å². The van der Waals surface area contributed by atoms with Gasteiger partial charge in [0.1, 0.15) is 0 Å². The molecule has 12 heavy (non-hydrogen) atoms. The van der Waals surface area contributed by atoms with Crippen molar-refractivity contribution in [3.63, 3.8) is 0 Å². The maximum Gasteiger partial charge on any atom is 0.427 e. The van der Waals surface area contributed by atoms with Crippen LogP contribution >= 0.6 is 23.7 Å². The Balaban J connectivity index is 2.78. The van der Waals surface area contributed by atoms with Crippen molar-refractivity contribution in [2.75, 3.05) is 5.09 Å². The Morgan fingerprint density at radius 3 is 2.17 bits per heavy atom. The van der Waals surface area contributed by atoms with Gasteiger partial charge in [0.25, 0.3) is 0 Å². The summed E-state index contributed by atoms with van der Waals surface area (Å²) in [7, 11) is -4.17. The van der Waals surface area contributed by atoms with Gasteiger partial charge in [-0.15, -0.1) is 0 Å². The number of anilines is 1. The van der Waals surface area contributed by atoms with E-state index in [9.17, 15) is 4.57 Å². The minimum absolute atomic E-state index is 0.395. The van der Waals surface area contributed by atoms with Gasteiger partial charge in [0, 0.05) is 10.2 Å². The third-order valence-corrected chi connectivity index (χ3v) is 2.20. The fourth-order valence-electron chi connectivity index (χ4n) is 0.693. The third kappa shape index (κ3) is 3.36. The number of nitrogens with one attached hydrogen (secondary N) is 1. The fraction of sp³-hybridized carbons (Fsp3) is 0. The second-order valence-electron chi connectivity index (χ2n) is 2.16. The predicted octanol–water partition coefficient (Wildman–Crippen LogP) is 1.95. The van der Waals surface area contributed by atoms with Crippen molar-refractivity contribution in [3.8, 4) is 0 Å². The highest BCUT2D eigenvalue weighted by Crippen LogP contribution is 2.35. The standard InChI is InChI=1S/C6H7BrNO3P/c7-5-1-3-6(4-2-5)8-12(9,10)11/h1-4H,(H3,8,9,10,11). The number of hydrogen-bond donors (Lipinski definition) is 3. The van der Waals surface area contributed by atoms with Gasteiger partial charge in [-0.3, -0.25) is 5.09 Å². The normalized spacial score (nSPS) is 11.2. The Morgan fingerprint density at radius 1 is 1.25 bits per heavy atom. The monoisotopic (exact) mass is 251 g/mol. The Labute approximate surface area is 78.0 Å². The molecule has 0 bridgehead atoms. The Bertz CT molecular complexity index is 307. The molecule has 6 heteroatoms. The maximum atomic E-state index is 10.5. The summed E-state index contributed by atoms with van der Waals surface area (Å²) < 4.78 is 11.3. The van der Waals surface area contributed by atoms with Gasteiger partial charge in [-0.05, 0) is 24.3 Å². The highest BCUT2D eigenvalue weighted by molar-refractivity contribution is 9.10. The van der Waals surface area contributed by atoms with E-state index in [0.29, 0.717) is 5.69 Å². The molecular formula is C6H7BrNO3P. The number of halogens is 1. The Morgan fingerprint density at radius 2 is 1.75 bits per heavy atom.